The van der Waals surface area contributed by atoms with Crippen molar-refractivity contribution < 1.29 is 19.9 Å². The van der Waals surface area contributed by atoms with E-state index < -0.39 is 6.16 Å². The van der Waals surface area contributed by atoms with Gasteiger partial charge in [0.2, 0.25) is 0 Å². The molecule has 0 saturated heterocycles. The van der Waals surface area contributed by atoms with Gasteiger partial charge in [-0.1, -0.05) is 31.4 Å². The maximum Gasteiger partial charge on any atom is 0.503 e. The van der Waals surface area contributed by atoms with Crippen LogP contribution < -0.4 is 5.32 Å². The number of nitro benzene ring substituents is 1. The number of aromatic nitrogens is 2. The summed E-state index contributed by atoms with van der Waals surface area (Å²) in [5, 5.41) is 29.4. The highest BCUT2D eigenvalue weighted by Gasteiger charge is 2.21. The zero-order valence-electron chi connectivity index (χ0n) is 17.1. The normalized spacial score (nSPS) is 14.0. The molecular formula is C21H24N4O5S. The highest BCUT2D eigenvalue weighted by molar-refractivity contribution is 7.18. The first-order valence-corrected chi connectivity index (χ1v) is 10.8. The summed E-state index contributed by atoms with van der Waals surface area (Å²) >= 11 is 1.69. The lowest BCUT2D eigenvalue weighted by atomic mass is 9.89. The predicted octanol–water partition coefficient (Wildman–Crippen LogP) is 5.79. The SMILES string of the molecule is Cc1cc2c(NCc3cccc([N+](=O)[O-])c3)nc(C3CCCCC3)nc2s1.O=C(O)O. The van der Waals surface area contributed by atoms with Gasteiger partial charge in [0.25, 0.3) is 5.69 Å². The van der Waals surface area contributed by atoms with E-state index in [1.54, 1.807) is 23.5 Å². The van der Waals surface area contributed by atoms with E-state index in [2.05, 4.69) is 18.3 Å². The van der Waals surface area contributed by atoms with Gasteiger partial charge < -0.3 is 15.5 Å². The minimum Gasteiger partial charge on any atom is -0.450 e. The number of aryl methyl sites for hydroxylation is 1. The molecule has 0 radical (unpaired) electrons. The molecule has 0 amide bonds. The fourth-order valence-electron chi connectivity index (χ4n) is 3.70. The summed E-state index contributed by atoms with van der Waals surface area (Å²) in [6.07, 6.45) is 4.26. The largest absolute Gasteiger partial charge is 0.503 e. The molecule has 1 aromatic carbocycles. The number of carboxylic acid groups (broad SMARTS) is 2. The van der Waals surface area contributed by atoms with Crippen LogP contribution in [-0.4, -0.2) is 31.3 Å². The number of fused-ring (bicyclic) bond motifs is 1. The van der Waals surface area contributed by atoms with E-state index in [0.717, 1.165) is 40.3 Å². The van der Waals surface area contributed by atoms with E-state index >= 15 is 0 Å². The lowest BCUT2D eigenvalue weighted by Gasteiger charge is -2.21. The third-order valence-electron chi connectivity index (χ3n) is 5.08. The average Bonchev–Trinajstić information content (AvgIpc) is 3.12. The second kappa shape index (κ2) is 10.2. The Balaban J connectivity index is 0.000000628. The van der Waals surface area contributed by atoms with Crippen LogP contribution in [0.4, 0.5) is 16.3 Å². The van der Waals surface area contributed by atoms with E-state index in [-0.39, 0.29) is 10.6 Å². The first kappa shape index (κ1) is 22.4. The molecule has 2 heterocycles. The molecule has 1 saturated carbocycles. The third-order valence-corrected chi connectivity index (χ3v) is 6.03. The number of rotatable bonds is 5. The van der Waals surface area contributed by atoms with E-state index in [1.807, 2.05) is 6.07 Å². The van der Waals surface area contributed by atoms with Crippen LogP contribution in [0.1, 0.15) is 54.3 Å². The summed E-state index contributed by atoms with van der Waals surface area (Å²) < 4.78 is 0. The van der Waals surface area contributed by atoms with Gasteiger partial charge in [0.1, 0.15) is 16.5 Å². The summed E-state index contributed by atoms with van der Waals surface area (Å²) in [4.78, 5) is 31.1. The first-order chi connectivity index (χ1) is 14.8. The summed E-state index contributed by atoms with van der Waals surface area (Å²) in [5.74, 6) is 2.20. The number of non-ortho nitro benzene ring substituents is 1. The molecule has 3 aromatic rings. The molecule has 0 unspecified atom stereocenters. The van der Waals surface area contributed by atoms with Gasteiger partial charge in [-0.05, 0) is 31.4 Å². The molecule has 10 heteroatoms. The smallest absolute Gasteiger partial charge is 0.450 e. The topological polar surface area (TPSA) is 138 Å². The van der Waals surface area contributed by atoms with Crippen molar-refractivity contribution in [2.75, 3.05) is 5.32 Å². The molecule has 0 spiro atoms. The lowest BCUT2D eigenvalue weighted by molar-refractivity contribution is -0.384. The second-order valence-corrected chi connectivity index (χ2v) is 8.64. The molecule has 31 heavy (non-hydrogen) atoms. The summed E-state index contributed by atoms with van der Waals surface area (Å²) in [7, 11) is 0. The van der Waals surface area contributed by atoms with E-state index in [0.29, 0.717) is 12.5 Å². The molecule has 0 bridgehead atoms. The lowest BCUT2D eigenvalue weighted by Crippen LogP contribution is -2.11. The molecule has 164 valence electrons. The molecule has 1 aliphatic carbocycles. The number of nitro groups is 1. The second-order valence-electron chi connectivity index (χ2n) is 7.40. The van der Waals surface area contributed by atoms with Crippen molar-refractivity contribution in [3.05, 3.63) is 56.7 Å². The standard InChI is InChI=1S/C20H22N4O2S.CH2O3/c1-13-10-17-19(21-12-14-6-5-9-16(11-14)24(25)26)22-18(23-20(17)27-13)15-7-3-2-4-8-15;2-1(3)4/h5-6,9-11,15H,2-4,7-8,12H2,1H3,(H,21,22,23);(H2,2,3,4). The molecular weight excluding hydrogens is 420 g/mol. The zero-order valence-corrected chi connectivity index (χ0v) is 17.9. The molecule has 0 atom stereocenters. The van der Waals surface area contributed by atoms with Crippen molar-refractivity contribution in [2.45, 2.75) is 51.5 Å². The Morgan fingerprint density at radius 1 is 1.23 bits per heavy atom. The van der Waals surface area contributed by atoms with Gasteiger partial charge in [-0.3, -0.25) is 10.1 Å². The van der Waals surface area contributed by atoms with Crippen LogP contribution in [0.15, 0.2) is 30.3 Å². The predicted molar refractivity (Wildman–Crippen MR) is 119 cm³/mol. The van der Waals surface area contributed by atoms with Gasteiger partial charge in [0.15, 0.2) is 0 Å². The van der Waals surface area contributed by atoms with Crippen LogP contribution in [0.5, 0.6) is 0 Å². The van der Waals surface area contributed by atoms with Crippen molar-refractivity contribution in [3.63, 3.8) is 0 Å². The van der Waals surface area contributed by atoms with Crippen LogP contribution >= 0.6 is 11.3 Å². The molecule has 1 fully saturated rings. The molecule has 3 N–H and O–H groups in total. The number of hydrogen-bond acceptors (Lipinski definition) is 7. The molecule has 1 aliphatic rings. The minimum atomic E-state index is -1.83. The van der Waals surface area contributed by atoms with Crippen molar-refractivity contribution >= 4 is 39.2 Å². The summed E-state index contributed by atoms with van der Waals surface area (Å²) in [5.41, 5.74) is 0.971. The highest BCUT2D eigenvalue weighted by Crippen LogP contribution is 2.35. The number of anilines is 1. The molecule has 0 aliphatic heterocycles. The summed E-state index contributed by atoms with van der Waals surface area (Å²) in [6.45, 7) is 2.57. The Morgan fingerprint density at radius 3 is 2.61 bits per heavy atom. The van der Waals surface area contributed by atoms with Crippen LogP contribution in [0, 0.1) is 17.0 Å². The van der Waals surface area contributed by atoms with Gasteiger partial charge in [-0.15, -0.1) is 11.3 Å². The Labute approximate surface area is 182 Å². The van der Waals surface area contributed by atoms with Crippen molar-refractivity contribution in [1.82, 2.24) is 9.97 Å². The first-order valence-electron chi connectivity index (χ1n) is 10.0. The number of hydrogen-bond donors (Lipinski definition) is 3. The van der Waals surface area contributed by atoms with Crippen molar-refractivity contribution in [2.24, 2.45) is 0 Å². The summed E-state index contributed by atoms with van der Waals surface area (Å²) in [6, 6.07) is 8.83. The highest BCUT2D eigenvalue weighted by atomic mass is 32.1. The van der Waals surface area contributed by atoms with Crippen LogP contribution in [0.25, 0.3) is 10.2 Å². The van der Waals surface area contributed by atoms with Gasteiger partial charge in [-0.25, -0.2) is 14.8 Å². The van der Waals surface area contributed by atoms with Crippen LogP contribution in [-0.2, 0) is 6.54 Å². The average molecular weight is 445 g/mol. The van der Waals surface area contributed by atoms with Crippen molar-refractivity contribution in [3.8, 4) is 0 Å². The zero-order chi connectivity index (χ0) is 22.4. The quantitative estimate of drug-likeness (QED) is 0.332. The van der Waals surface area contributed by atoms with Gasteiger partial charge in [0, 0.05) is 29.5 Å². The van der Waals surface area contributed by atoms with E-state index in [1.165, 1.54) is 30.2 Å². The molecule has 9 nitrogen and oxygen atoms in total. The Morgan fingerprint density at radius 2 is 1.94 bits per heavy atom. The fraction of sp³-hybridized carbons (Fsp3) is 0.381. The van der Waals surface area contributed by atoms with E-state index in [9.17, 15) is 10.1 Å². The van der Waals surface area contributed by atoms with E-state index in [4.69, 9.17) is 25.0 Å². The monoisotopic (exact) mass is 444 g/mol. The van der Waals surface area contributed by atoms with Crippen LogP contribution in [0.2, 0.25) is 0 Å². The van der Waals surface area contributed by atoms with Gasteiger partial charge in [-0.2, -0.15) is 0 Å². The van der Waals surface area contributed by atoms with Gasteiger partial charge in [0.05, 0.1) is 10.3 Å². The Bertz CT molecular complexity index is 1070. The Kier molecular flexibility index (Phi) is 7.35. The number of thiophene rings is 1. The van der Waals surface area contributed by atoms with Gasteiger partial charge >= 0.3 is 6.16 Å². The van der Waals surface area contributed by atoms with Crippen LogP contribution in [0.3, 0.4) is 0 Å². The Hall–Kier alpha value is -3.27. The maximum atomic E-state index is 11.0. The third kappa shape index (κ3) is 6.11. The molecule has 2 aromatic heterocycles. The van der Waals surface area contributed by atoms with Crippen molar-refractivity contribution in [1.29, 1.82) is 0 Å². The number of nitrogens with one attached hydrogen (secondary N) is 1. The fourth-order valence-corrected chi connectivity index (χ4v) is 4.59. The number of carbonyl (C=O) groups is 1. The number of benzene rings is 1. The maximum absolute atomic E-state index is 11.0. The minimum absolute atomic E-state index is 0.108. The number of nitrogens with zero attached hydrogens (tertiary/aromatic N) is 3. The molecule has 4 rings (SSSR count).